The number of benzene rings is 2. The van der Waals surface area contributed by atoms with Crippen LogP contribution in [-0.2, 0) is 21.2 Å². The molecule has 1 N–H and O–H groups in total. The zero-order chi connectivity index (χ0) is 17.7. The predicted molar refractivity (Wildman–Crippen MR) is 95.4 cm³/mol. The first-order valence-corrected chi connectivity index (χ1v) is 9.15. The van der Waals surface area contributed by atoms with E-state index < -0.39 is 10.0 Å². The minimum atomic E-state index is -3.62. The molecule has 0 aromatic heterocycles. The molecule has 2 rings (SSSR count). The van der Waals surface area contributed by atoms with E-state index in [9.17, 15) is 13.2 Å². The van der Waals surface area contributed by atoms with Crippen molar-refractivity contribution in [3.8, 4) is 0 Å². The van der Waals surface area contributed by atoms with Gasteiger partial charge in [-0.2, -0.15) is 0 Å². The van der Waals surface area contributed by atoms with Crippen LogP contribution in [0.1, 0.15) is 17.5 Å². The Morgan fingerprint density at radius 3 is 2.38 bits per heavy atom. The van der Waals surface area contributed by atoms with Crippen molar-refractivity contribution in [3.63, 3.8) is 0 Å². The van der Waals surface area contributed by atoms with Gasteiger partial charge in [-0.05, 0) is 43.2 Å². The summed E-state index contributed by atoms with van der Waals surface area (Å²) in [5.74, 6) is 0.0423. The number of amides is 1. The van der Waals surface area contributed by atoms with Crippen LogP contribution in [0.4, 0.5) is 5.69 Å². The molecule has 0 saturated carbocycles. The van der Waals surface area contributed by atoms with E-state index in [1.165, 1.54) is 0 Å². The second kappa shape index (κ2) is 7.49. The van der Waals surface area contributed by atoms with Gasteiger partial charge in [-0.3, -0.25) is 9.52 Å². The number of sulfonamides is 1. The number of carbonyl (C=O) groups is 1. The van der Waals surface area contributed by atoms with Crippen molar-refractivity contribution in [2.75, 3.05) is 18.8 Å². The lowest BCUT2D eigenvalue weighted by Crippen LogP contribution is -2.21. The molecular weight excluding hydrogens is 324 g/mol. The molecule has 0 fully saturated rings. The number of hydrogen-bond donors (Lipinski definition) is 1. The predicted octanol–water partition coefficient (Wildman–Crippen LogP) is 2.82. The fraction of sp³-hybridized carbons (Fsp3) is 0.278. The van der Waals surface area contributed by atoms with Crippen LogP contribution in [0.25, 0.3) is 0 Å². The van der Waals surface area contributed by atoms with Crippen molar-refractivity contribution >= 4 is 21.6 Å². The van der Waals surface area contributed by atoms with Gasteiger partial charge >= 0.3 is 0 Å². The lowest BCUT2D eigenvalue weighted by Gasteiger charge is -2.11. The van der Waals surface area contributed by atoms with Gasteiger partial charge in [-0.15, -0.1) is 0 Å². The summed E-state index contributed by atoms with van der Waals surface area (Å²) in [4.78, 5) is 13.4. The molecular formula is C18H22N2O3S. The fourth-order valence-electron chi connectivity index (χ4n) is 2.20. The van der Waals surface area contributed by atoms with E-state index in [0.29, 0.717) is 18.5 Å². The fourth-order valence-corrected chi connectivity index (χ4v) is 3.25. The molecule has 2 aromatic rings. The molecule has 2 aromatic carbocycles. The average molecular weight is 346 g/mol. The van der Waals surface area contributed by atoms with Gasteiger partial charge in [0.2, 0.25) is 5.91 Å². The summed E-state index contributed by atoms with van der Waals surface area (Å²) < 4.78 is 27.4. The Kier molecular flexibility index (Phi) is 5.62. The van der Waals surface area contributed by atoms with Crippen LogP contribution in [0.5, 0.6) is 0 Å². The molecule has 0 radical (unpaired) electrons. The number of rotatable bonds is 6. The minimum absolute atomic E-state index is 0.0423. The minimum Gasteiger partial charge on any atom is -0.349 e. The Balaban J connectivity index is 2.11. The van der Waals surface area contributed by atoms with Gasteiger partial charge in [-0.1, -0.05) is 29.8 Å². The van der Waals surface area contributed by atoms with E-state index in [-0.39, 0.29) is 10.8 Å². The highest BCUT2D eigenvalue weighted by Gasteiger charge is 2.14. The molecule has 0 aliphatic rings. The second-order valence-electron chi connectivity index (χ2n) is 5.91. The third kappa shape index (κ3) is 4.83. The van der Waals surface area contributed by atoms with E-state index in [4.69, 9.17) is 0 Å². The third-order valence-corrected chi connectivity index (χ3v) is 5.03. The molecule has 24 heavy (non-hydrogen) atoms. The topological polar surface area (TPSA) is 66.5 Å². The number of anilines is 1. The maximum atomic E-state index is 12.4. The second-order valence-corrected chi connectivity index (χ2v) is 7.59. The Morgan fingerprint density at radius 1 is 1.08 bits per heavy atom. The van der Waals surface area contributed by atoms with Gasteiger partial charge in [0.15, 0.2) is 0 Å². The molecule has 1 amide bonds. The van der Waals surface area contributed by atoms with E-state index in [0.717, 1.165) is 11.1 Å². The SMILES string of the molecule is Cc1ccc(S(=O)(=O)Nc2cccc(CCC(=O)N(C)C)c2)cc1. The van der Waals surface area contributed by atoms with Gasteiger partial charge in [-0.25, -0.2) is 8.42 Å². The monoisotopic (exact) mass is 346 g/mol. The van der Waals surface area contributed by atoms with Crippen LogP contribution in [0.3, 0.4) is 0 Å². The number of nitrogens with zero attached hydrogens (tertiary/aromatic N) is 1. The van der Waals surface area contributed by atoms with Crippen LogP contribution in [0.2, 0.25) is 0 Å². The van der Waals surface area contributed by atoms with Crippen molar-refractivity contribution in [3.05, 3.63) is 59.7 Å². The van der Waals surface area contributed by atoms with Crippen molar-refractivity contribution in [1.29, 1.82) is 0 Å². The van der Waals surface area contributed by atoms with Gasteiger partial charge in [0.25, 0.3) is 10.0 Å². The molecule has 0 unspecified atom stereocenters. The number of carbonyl (C=O) groups excluding carboxylic acids is 1. The Labute approximate surface area is 143 Å². The molecule has 0 aliphatic heterocycles. The molecule has 0 heterocycles. The first-order valence-electron chi connectivity index (χ1n) is 7.66. The van der Waals surface area contributed by atoms with E-state index in [2.05, 4.69) is 4.72 Å². The van der Waals surface area contributed by atoms with Crippen molar-refractivity contribution < 1.29 is 13.2 Å². The number of hydrogen-bond acceptors (Lipinski definition) is 3. The Morgan fingerprint density at radius 2 is 1.75 bits per heavy atom. The average Bonchev–Trinajstić information content (AvgIpc) is 2.52. The van der Waals surface area contributed by atoms with Crippen LogP contribution < -0.4 is 4.72 Å². The highest BCUT2D eigenvalue weighted by atomic mass is 32.2. The Hall–Kier alpha value is -2.34. The highest BCUT2D eigenvalue weighted by Crippen LogP contribution is 2.18. The zero-order valence-corrected chi connectivity index (χ0v) is 14.9. The summed E-state index contributed by atoms with van der Waals surface area (Å²) in [5, 5.41) is 0. The first kappa shape index (κ1) is 18.0. The summed E-state index contributed by atoms with van der Waals surface area (Å²) in [7, 11) is -0.183. The summed E-state index contributed by atoms with van der Waals surface area (Å²) in [5.41, 5.74) is 2.40. The third-order valence-electron chi connectivity index (χ3n) is 3.64. The van der Waals surface area contributed by atoms with Crippen LogP contribution in [0.15, 0.2) is 53.4 Å². The lowest BCUT2D eigenvalue weighted by molar-refractivity contribution is -0.128. The first-order chi connectivity index (χ1) is 11.3. The number of nitrogens with one attached hydrogen (secondary N) is 1. The van der Waals surface area contributed by atoms with Crippen LogP contribution in [-0.4, -0.2) is 33.3 Å². The molecule has 128 valence electrons. The summed E-state index contributed by atoms with van der Waals surface area (Å²) in [6.45, 7) is 1.91. The van der Waals surface area contributed by atoms with E-state index in [1.54, 1.807) is 61.5 Å². The largest absolute Gasteiger partial charge is 0.349 e. The van der Waals surface area contributed by atoms with Crippen LogP contribution in [0, 0.1) is 6.92 Å². The van der Waals surface area contributed by atoms with Gasteiger partial charge in [0.1, 0.15) is 0 Å². The van der Waals surface area contributed by atoms with Crippen molar-refractivity contribution in [2.24, 2.45) is 0 Å². The van der Waals surface area contributed by atoms with Crippen molar-refractivity contribution in [1.82, 2.24) is 4.90 Å². The molecule has 5 nitrogen and oxygen atoms in total. The quantitative estimate of drug-likeness (QED) is 0.875. The maximum absolute atomic E-state index is 12.4. The highest BCUT2D eigenvalue weighted by molar-refractivity contribution is 7.92. The van der Waals surface area contributed by atoms with Gasteiger partial charge < -0.3 is 4.90 Å². The molecule has 0 atom stereocenters. The standard InChI is InChI=1S/C18H22N2O3S/c1-14-7-10-17(11-8-14)24(22,23)19-16-6-4-5-15(13-16)9-12-18(21)20(2)3/h4-8,10-11,13,19H,9,12H2,1-3H3. The van der Waals surface area contributed by atoms with Gasteiger partial charge in [0.05, 0.1) is 4.90 Å². The normalized spacial score (nSPS) is 11.1. The van der Waals surface area contributed by atoms with E-state index in [1.807, 2.05) is 13.0 Å². The summed E-state index contributed by atoms with van der Waals surface area (Å²) in [6.07, 6.45) is 0.957. The van der Waals surface area contributed by atoms with Crippen LogP contribution >= 0.6 is 0 Å². The zero-order valence-electron chi connectivity index (χ0n) is 14.1. The molecule has 0 bridgehead atoms. The van der Waals surface area contributed by atoms with Crippen molar-refractivity contribution in [2.45, 2.75) is 24.7 Å². The summed E-state index contributed by atoms with van der Waals surface area (Å²) >= 11 is 0. The molecule has 0 saturated heterocycles. The molecule has 0 spiro atoms. The Bertz CT molecular complexity index is 812. The molecule has 0 aliphatic carbocycles. The van der Waals surface area contributed by atoms with Gasteiger partial charge in [0, 0.05) is 26.2 Å². The van der Waals surface area contributed by atoms with E-state index >= 15 is 0 Å². The molecule has 6 heteroatoms. The lowest BCUT2D eigenvalue weighted by atomic mass is 10.1. The number of aryl methyl sites for hydroxylation is 2. The summed E-state index contributed by atoms with van der Waals surface area (Å²) in [6, 6.07) is 13.8. The smallest absolute Gasteiger partial charge is 0.261 e. The maximum Gasteiger partial charge on any atom is 0.261 e.